The highest BCUT2D eigenvalue weighted by molar-refractivity contribution is 7.98. The van der Waals surface area contributed by atoms with Gasteiger partial charge in [-0.25, -0.2) is 0 Å². The SMILES string of the molecule is CSc1nnc(Cc2ccccc2)n1/N=C\c1cc(C(C)(C)C)c(O)c(C(C)(C)C)c1. The first-order valence-electron chi connectivity index (χ1n) is 10.4. The molecule has 0 aliphatic heterocycles. The Hall–Kier alpha value is -2.60. The van der Waals surface area contributed by atoms with E-state index in [-0.39, 0.29) is 10.8 Å². The molecule has 2 aromatic carbocycles. The van der Waals surface area contributed by atoms with Gasteiger partial charge in [0.1, 0.15) is 5.75 Å². The summed E-state index contributed by atoms with van der Waals surface area (Å²) in [7, 11) is 0. The van der Waals surface area contributed by atoms with E-state index in [9.17, 15) is 5.11 Å². The number of hydrogen-bond donors (Lipinski definition) is 1. The second-order valence-electron chi connectivity index (χ2n) is 9.79. The molecule has 0 fully saturated rings. The molecule has 1 N–H and O–H groups in total. The molecule has 0 aliphatic rings. The molecule has 31 heavy (non-hydrogen) atoms. The summed E-state index contributed by atoms with van der Waals surface area (Å²) >= 11 is 1.51. The molecule has 3 rings (SSSR count). The van der Waals surface area contributed by atoms with Gasteiger partial charge in [-0.1, -0.05) is 83.6 Å². The van der Waals surface area contributed by atoms with Crippen LogP contribution in [0, 0.1) is 0 Å². The lowest BCUT2D eigenvalue weighted by atomic mass is 9.78. The molecule has 0 bridgehead atoms. The van der Waals surface area contributed by atoms with Crippen molar-refractivity contribution >= 4 is 18.0 Å². The quantitative estimate of drug-likeness (QED) is 0.407. The number of phenolic OH excluding ortho intramolecular Hbond substituents is 1. The second kappa shape index (κ2) is 8.87. The van der Waals surface area contributed by atoms with E-state index in [1.54, 1.807) is 4.68 Å². The molecule has 1 heterocycles. The average Bonchev–Trinajstić information content (AvgIpc) is 3.07. The van der Waals surface area contributed by atoms with Crippen molar-refractivity contribution in [3.8, 4) is 5.75 Å². The van der Waals surface area contributed by atoms with Crippen LogP contribution in [0.2, 0.25) is 0 Å². The molecule has 164 valence electrons. The summed E-state index contributed by atoms with van der Waals surface area (Å²) in [4.78, 5) is 0. The Morgan fingerprint density at radius 3 is 2.06 bits per heavy atom. The largest absolute Gasteiger partial charge is 0.507 e. The molecule has 0 radical (unpaired) electrons. The molecule has 0 saturated carbocycles. The van der Waals surface area contributed by atoms with E-state index in [1.165, 1.54) is 11.8 Å². The van der Waals surface area contributed by atoms with Crippen LogP contribution in [0.1, 0.15) is 69.6 Å². The van der Waals surface area contributed by atoms with Gasteiger partial charge in [0.05, 0.1) is 6.21 Å². The van der Waals surface area contributed by atoms with Gasteiger partial charge >= 0.3 is 0 Å². The maximum Gasteiger partial charge on any atom is 0.211 e. The zero-order chi connectivity index (χ0) is 22.8. The van der Waals surface area contributed by atoms with Crippen molar-refractivity contribution < 1.29 is 5.11 Å². The zero-order valence-corrected chi connectivity index (χ0v) is 20.3. The van der Waals surface area contributed by atoms with Crippen LogP contribution >= 0.6 is 11.8 Å². The van der Waals surface area contributed by atoms with E-state index >= 15 is 0 Å². The molecule has 0 spiro atoms. The summed E-state index contributed by atoms with van der Waals surface area (Å²) in [5.41, 5.74) is 3.56. The third kappa shape index (κ3) is 5.37. The normalized spacial score (nSPS) is 12.6. The lowest BCUT2D eigenvalue weighted by Gasteiger charge is -2.27. The van der Waals surface area contributed by atoms with Crippen molar-refractivity contribution in [2.45, 2.75) is 63.9 Å². The molecule has 0 aliphatic carbocycles. The first kappa shape index (κ1) is 23.1. The molecule has 5 nitrogen and oxygen atoms in total. The van der Waals surface area contributed by atoms with Crippen molar-refractivity contribution in [1.82, 2.24) is 14.9 Å². The van der Waals surface area contributed by atoms with Gasteiger partial charge in [0.15, 0.2) is 5.82 Å². The van der Waals surface area contributed by atoms with Gasteiger partial charge in [0.2, 0.25) is 5.16 Å². The number of hydrogen-bond acceptors (Lipinski definition) is 5. The van der Waals surface area contributed by atoms with Gasteiger partial charge in [0, 0.05) is 17.5 Å². The van der Waals surface area contributed by atoms with Crippen LogP contribution in [0.5, 0.6) is 5.75 Å². The fourth-order valence-corrected chi connectivity index (χ4v) is 3.87. The molecule has 3 aromatic rings. The Bertz CT molecular complexity index is 1040. The Labute approximate surface area is 189 Å². The van der Waals surface area contributed by atoms with Crippen molar-refractivity contribution in [3.05, 3.63) is 70.5 Å². The number of benzene rings is 2. The van der Waals surface area contributed by atoms with Crippen molar-refractivity contribution in [3.63, 3.8) is 0 Å². The van der Waals surface area contributed by atoms with Crippen LogP contribution in [0.25, 0.3) is 0 Å². The predicted molar refractivity (Wildman–Crippen MR) is 130 cm³/mol. The number of phenols is 1. The predicted octanol–water partition coefficient (Wildman–Crippen LogP) is 5.77. The molecule has 1 aromatic heterocycles. The minimum absolute atomic E-state index is 0.187. The maximum absolute atomic E-state index is 11.0. The number of thioether (sulfide) groups is 1. The molecular formula is C25H32N4OS. The standard InChI is InChI=1S/C25H32N4OS/c1-24(2,3)19-13-18(14-20(22(19)30)25(4,5)6)16-26-29-21(27-28-23(29)31-7)15-17-11-9-8-10-12-17/h8-14,16,30H,15H2,1-7H3/b26-16-. The average molecular weight is 437 g/mol. The van der Waals surface area contributed by atoms with Crippen molar-refractivity contribution in [2.75, 3.05) is 6.26 Å². The van der Waals surface area contributed by atoms with Crippen molar-refractivity contribution in [1.29, 1.82) is 0 Å². The molecule has 6 heteroatoms. The Morgan fingerprint density at radius 2 is 1.55 bits per heavy atom. The second-order valence-corrected chi connectivity index (χ2v) is 10.6. The number of rotatable bonds is 5. The van der Waals surface area contributed by atoms with E-state index in [2.05, 4.69) is 63.9 Å². The zero-order valence-electron chi connectivity index (χ0n) is 19.5. The van der Waals surface area contributed by atoms with Crippen LogP contribution < -0.4 is 0 Å². The topological polar surface area (TPSA) is 63.3 Å². The molecular weight excluding hydrogens is 404 g/mol. The van der Waals surface area contributed by atoms with Gasteiger partial charge in [-0.05, 0) is 40.3 Å². The highest BCUT2D eigenvalue weighted by Gasteiger charge is 2.26. The van der Waals surface area contributed by atoms with Crippen LogP contribution in [-0.2, 0) is 17.3 Å². The highest BCUT2D eigenvalue weighted by atomic mass is 32.2. The molecule has 0 atom stereocenters. The summed E-state index contributed by atoms with van der Waals surface area (Å²) in [6.45, 7) is 12.7. The highest BCUT2D eigenvalue weighted by Crippen LogP contribution is 2.39. The van der Waals surface area contributed by atoms with Gasteiger partial charge < -0.3 is 5.11 Å². The minimum Gasteiger partial charge on any atom is -0.507 e. The van der Waals surface area contributed by atoms with E-state index in [1.807, 2.05) is 42.8 Å². The third-order valence-electron chi connectivity index (χ3n) is 5.13. The minimum atomic E-state index is -0.187. The first-order valence-corrected chi connectivity index (χ1v) is 11.7. The van der Waals surface area contributed by atoms with E-state index in [0.717, 1.165) is 33.2 Å². The smallest absolute Gasteiger partial charge is 0.211 e. The lowest BCUT2D eigenvalue weighted by Crippen LogP contribution is -2.18. The summed E-state index contributed by atoms with van der Waals surface area (Å²) in [6, 6.07) is 14.2. The summed E-state index contributed by atoms with van der Waals surface area (Å²) in [5, 5.41) is 25.1. The third-order valence-corrected chi connectivity index (χ3v) is 5.75. The van der Waals surface area contributed by atoms with E-state index in [4.69, 9.17) is 5.10 Å². The van der Waals surface area contributed by atoms with Gasteiger partial charge in [0.25, 0.3) is 0 Å². The summed E-state index contributed by atoms with van der Waals surface area (Å²) in [6.07, 6.45) is 4.46. The van der Waals surface area contributed by atoms with Crippen LogP contribution in [0.15, 0.2) is 52.7 Å². The Kier molecular flexibility index (Phi) is 6.60. The summed E-state index contributed by atoms with van der Waals surface area (Å²) in [5.74, 6) is 1.16. The number of nitrogens with zero attached hydrogens (tertiary/aromatic N) is 4. The van der Waals surface area contributed by atoms with Crippen LogP contribution in [0.4, 0.5) is 0 Å². The van der Waals surface area contributed by atoms with E-state index in [0.29, 0.717) is 12.2 Å². The first-order chi connectivity index (χ1) is 14.5. The Balaban J connectivity index is 2.05. The van der Waals surface area contributed by atoms with Crippen LogP contribution in [0.3, 0.4) is 0 Å². The number of aromatic nitrogens is 3. The van der Waals surface area contributed by atoms with Gasteiger partial charge in [-0.2, -0.15) is 9.78 Å². The summed E-state index contributed by atoms with van der Waals surface area (Å²) < 4.78 is 1.80. The number of aromatic hydroxyl groups is 1. The van der Waals surface area contributed by atoms with Gasteiger partial charge in [-0.15, -0.1) is 10.2 Å². The fourth-order valence-electron chi connectivity index (χ4n) is 3.43. The van der Waals surface area contributed by atoms with Crippen molar-refractivity contribution in [2.24, 2.45) is 5.10 Å². The Morgan fingerprint density at radius 1 is 0.968 bits per heavy atom. The molecule has 0 saturated heterocycles. The maximum atomic E-state index is 11.0. The lowest BCUT2D eigenvalue weighted by molar-refractivity contribution is 0.423. The molecule has 0 amide bonds. The van der Waals surface area contributed by atoms with Gasteiger partial charge in [-0.3, -0.25) is 0 Å². The van der Waals surface area contributed by atoms with Crippen LogP contribution in [-0.4, -0.2) is 32.5 Å². The monoisotopic (exact) mass is 436 g/mol. The molecule has 0 unspecified atom stereocenters. The van der Waals surface area contributed by atoms with E-state index < -0.39 is 0 Å². The fraction of sp³-hybridized carbons (Fsp3) is 0.400.